The Morgan fingerprint density at radius 3 is 2.29 bits per heavy atom. The van der Waals surface area contributed by atoms with Gasteiger partial charge in [-0.1, -0.05) is 12.8 Å². The minimum absolute atomic E-state index is 0.0751. The molecule has 0 saturated carbocycles. The molecule has 2 N–H and O–H groups in total. The van der Waals surface area contributed by atoms with Crippen molar-refractivity contribution in [2.24, 2.45) is 0 Å². The van der Waals surface area contributed by atoms with Gasteiger partial charge >= 0.3 is 0 Å². The lowest BCUT2D eigenvalue weighted by Crippen LogP contribution is -2.32. The average Bonchev–Trinajstić information content (AvgIpc) is 2.99. The zero-order chi connectivity index (χ0) is 20.1. The molecule has 0 bridgehead atoms. The quantitative estimate of drug-likeness (QED) is 0.746. The molecule has 7 nitrogen and oxygen atoms in total. The molecule has 1 aliphatic heterocycles. The zero-order valence-corrected chi connectivity index (χ0v) is 16.5. The molecule has 2 aromatic rings. The van der Waals surface area contributed by atoms with E-state index in [1.54, 1.807) is 12.1 Å². The summed E-state index contributed by atoms with van der Waals surface area (Å²) in [5.41, 5.74) is 0.608. The van der Waals surface area contributed by atoms with Crippen molar-refractivity contribution in [1.29, 1.82) is 0 Å². The summed E-state index contributed by atoms with van der Waals surface area (Å²) in [5, 5.41) is 12.0. The first-order valence-electron chi connectivity index (χ1n) is 9.20. The van der Waals surface area contributed by atoms with E-state index < -0.39 is 15.9 Å². The Bertz CT molecular complexity index is 934. The Balaban J connectivity index is 1.90. The highest BCUT2D eigenvalue weighted by Crippen LogP contribution is 2.27. The molecule has 0 aliphatic carbocycles. The van der Waals surface area contributed by atoms with E-state index in [2.05, 4.69) is 5.32 Å². The Kier molecular flexibility index (Phi) is 6.21. The van der Waals surface area contributed by atoms with Crippen LogP contribution in [-0.2, 0) is 10.0 Å². The van der Waals surface area contributed by atoms with Crippen molar-refractivity contribution in [3.05, 3.63) is 48.0 Å². The summed E-state index contributed by atoms with van der Waals surface area (Å²) >= 11 is 0. The number of methoxy groups -OCH3 is 1. The highest BCUT2D eigenvalue weighted by atomic mass is 32.2. The Morgan fingerprint density at radius 2 is 1.68 bits per heavy atom. The van der Waals surface area contributed by atoms with Crippen molar-refractivity contribution in [2.45, 2.75) is 30.6 Å². The van der Waals surface area contributed by atoms with Crippen molar-refractivity contribution in [3.8, 4) is 11.5 Å². The van der Waals surface area contributed by atoms with Gasteiger partial charge in [-0.2, -0.15) is 4.31 Å². The van der Waals surface area contributed by atoms with E-state index in [0.717, 1.165) is 25.7 Å². The Hall–Kier alpha value is -2.58. The first kappa shape index (κ1) is 20.2. The number of ether oxygens (including phenoxy) is 1. The second kappa shape index (κ2) is 8.62. The normalized spacial score (nSPS) is 15.6. The highest BCUT2D eigenvalue weighted by molar-refractivity contribution is 7.89. The number of aromatic hydroxyl groups is 1. The van der Waals surface area contributed by atoms with Crippen molar-refractivity contribution >= 4 is 21.6 Å². The fraction of sp³-hybridized carbons (Fsp3) is 0.350. The van der Waals surface area contributed by atoms with Gasteiger partial charge in [0.05, 0.1) is 17.6 Å². The van der Waals surface area contributed by atoms with Crippen LogP contribution in [0.5, 0.6) is 11.5 Å². The number of phenolic OH excluding ortho intramolecular Hbond substituents is 1. The number of hydrogen-bond donors (Lipinski definition) is 2. The number of anilines is 1. The summed E-state index contributed by atoms with van der Waals surface area (Å²) < 4.78 is 32.8. The molecule has 1 fully saturated rings. The van der Waals surface area contributed by atoms with Crippen LogP contribution < -0.4 is 10.1 Å². The van der Waals surface area contributed by atoms with Crippen LogP contribution in [0.1, 0.15) is 36.0 Å². The van der Waals surface area contributed by atoms with Crippen LogP contribution in [-0.4, -0.2) is 43.9 Å². The van der Waals surface area contributed by atoms with Crippen molar-refractivity contribution in [2.75, 3.05) is 25.5 Å². The molecule has 2 aromatic carbocycles. The highest BCUT2D eigenvalue weighted by Gasteiger charge is 2.27. The molecule has 8 heteroatoms. The molecule has 28 heavy (non-hydrogen) atoms. The predicted molar refractivity (Wildman–Crippen MR) is 106 cm³/mol. The number of carbonyl (C=O) groups is 1. The summed E-state index contributed by atoms with van der Waals surface area (Å²) in [6.45, 7) is 0.979. The Morgan fingerprint density at radius 1 is 1.04 bits per heavy atom. The van der Waals surface area contributed by atoms with Crippen molar-refractivity contribution in [3.63, 3.8) is 0 Å². The van der Waals surface area contributed by atoms with Gasteiger partial charge in [0.2, 0.25) is 10.0 Å². The van der Waals surface area contributed by atoms with Crippen LogP contribution in [0.15, 0.2) is 47.4 Å². The lowest BCUT2D eigenvalue weighted by molar-refractivity contribution is 0.102. The van der Waals surface area contributed by atoms with Crippen LogP contribution >= 0.6 is 0 Å². The smallest absolute Gasteiger partial charge is 0.259 e. The monoisotopic (exact) mass is 404 g/mol. The number of benzene rings is 2. The summed E-state index contributed by atoms with van der Waals surface area (Å²) in [4.78, 5) is 12.8. The van der Waals surface area contributed by atoms with Gasteiger partial charge in [-0.25, -0.2) is 8.42 Å². The van der Waals surface area contributed by atoms with E-state index in [0.29, 0.717) is 18.8 Å². The van der Waals surface area contributed by atoms with E-state index in [1.807, 2.05) is 0 Å². The molecule has 0 unspecified atom stereocenters. The maximum absolute atomic E-state index is 13.0. The molecule has 1 amide bonds. The third-order valence-electron chi connectivity index (χ3n) is 4.74. The first-order chi connectivity index (χ1) is 13.4. The molecule has 1 saturated heterocycles. The molecular formula is C20H24N2O5S. The fourth-order valence-corrected chi connectivity index (χ4v) is 4.74. The number of nitrogens with zero attached hydrogens (tertiary/aromatic N) is 1. The number of nitrogens with one attached hydrogen (secondary N) is 1. The lowest BCUT2D eigenvalue weighted by atomic mass is 10.2. The van der Waals surface area contributed by atoms with E-state index in [1.165, 1.54) is 41.7 Å². The number of hydrogen-bond acceptors (Lipinski definition) is 5. The maximum atomic E-state index is 13.0. The summed E-state index contributed by atoms with van der Waals surface area (Å²) in [7, 11) is -2.25. The van der Waals surface area contributed by atoms with E-state index in [-0.39, 0.29) is 22.0 Å². The van der Waals surface area contributed by atoms with Gasteiger partial charge in [-0.05, 0) is 55.3 Å². The topological polar surface area (TPSA) is 95.9 Å². The molecule has 0 aromatic heterocycles. The van der Waals surface area contributed by atoms with Gasteiger partial charge in [0.1, 0.15) is 11.5 Å². The summed E-state index contributed by atoms with van der Waals surface area (Å²) in [6.07, 6.45) is 3.72. The van der Waals surface area contributed by atoms with E-state index in [9.17, 15) is 18.3 Å². The molecule has 1 aliphatic rings. The van der Waals surface area contributed by atoms with E-state index in [4.69, 9.17) is 4.74 Å². The zero-order valence-electron chi connectivity index (χ0n) is 15.7. The number of rotatable bonds is 5. The fourth-order valence-electron chi connectivity index (χ4n) is 3.20. The second-order valence-electron chi connectivity index (χ2n) is 6.68. The molecule has 0 spiro atoms. The summed E-state index contributed by atoms with van der Waals surface area (Å²) in [6, 6.07) is 10.3. The molecule has 3 rings (SSSR count). The minimum atomic E-state index is -3.68. The van der Waals surface area contributed by atoms with Crippen LogP contribution in [0.4, 0.5) is 5.69 Å². The van der Waals surface area contributed by atoms with Gasteiger partial charge < -0.3 is 15.2 Å². The molecule has 1 heterocycles. The van der Waals surface area contributed by atoms with E-state index >= 15 is 0 Å². The van der Waals surface area contributed by atoms with Gasteiger partial charge in [0.15, 0.2) is 0 Å². The van der Waals surface area contributed by atoms with Crippen LogP contribution in [0.2, 0.25) is 0 Å². The second-order valence-corrected chi connectivity index (χ2v) is 8.62. The lowest BCUT2D eigenvalue weighted by Gasteiger charge is -2.20. The third kappa shape index (κ3) is 4.45. The maximum Gasteiger partial charge on any atom is 0.259 e. The number of sulfonamides is 1. The van der Waals surface area contributed by atoms with Gasteiger partial charge in [-0.15, -0.1) is 0 Å². The number of amides is 1. The van der Waals surface area contributed by atoms with Gasteiger partial charge in [0.25, 0.3) is 5.91 Å². The number of phenols is 1. The molecule has 0 radical (unpaired) electrons. The van der Waals surface area contributed by atoms with Crippen molar-refractivity contribution in [1.82, 2.24) is 4.31 Å². The standard InChI is InChI=1S/C20H24N2O5S/c1-27-19-11-10-17(28(25,26)22-12-4-2-3-5-13-22)14-18(19)20(24)21-15-6-8-16(23)9-7-15/h6-11,14,23H,2-5,12-13H2,1H3,(H,21,24). The molecule has 150 valence electrons. The predicted octanol–water partition coefficient (Wildman–Crippen LogP) is 3.22. The first-order valence-corrected chi connectivity index (χ1v) is 10.6. The molecular weight excluding hydrogens is 380 g/mol. The third-order valence-corrected chi connectivity index (χ3v) is 6.64. The average molecular weight is 404 g/mol. The van der Waals surface area contributed by atoms with Gasteiger partial charge in [0, 0.05) is 18.8 Å². The van der Waals surface area contributed by atoms with Crippen LogP contribution in [0, 0.1) is 0 Å². The SMILES string of the molecule is COc1ccc(S(=O)(=O)N2CCCCCC2)cc1C(=O)Nc1ccc(O)cc1. The van der Waals surface area contributed by atoms with Crippen LogP contribution in [0.25, 0.3) is 0 Å². The van der Waals surface area contributed by atoms with Crippen molar-refractivity contribution < 1.29 is 23.1 Å². The van der Waals surface area contributed by atoms with Gasteiger partial charge in [-0.3, -0.25) is 4.79 Å². The largest absolute Gasteiger partial charge is 0.508 e. The molecule has 0 atom stereocenters. The summed E-state index contributed by atoms with van der Waals surface area (Å²) in [5.74, 6) is -0.123. The Labute approximate surface area is 165 Å². The minimum Gasteiger partial charge on any atom is -0.508 e. The van der Waals surface area contributed by atoms with Crippen LogP contribution in [0.3, 0.4) is 0 Å². The number of carbonyl (C=O) groups excluding carboxylic acids is 1.